The van der Waals surface area contributed by atoms with E-state index in [1.54, 1.807) is 0 Å². The van der Waals surface area contributed by atoms with Gasteiger partial charge in [0.25, 0.3) is 0 Å². The van der Waals surface area contributed by atoms with Gasteiger partial charge in [-0.25, -0.2) is 0 Å². The second-order valence-electron chi connectivity index (χ2n) is 6.38. The third-order valence-corrected chi connectivity index (χ3v) is 4.90. The van der Waals surface area contributed by atoms with Gasteiger partial charge in [-0.15, -0.1) is 0 Å². The molecule has 0 unspecified atom stereocenters. The lowest BCUT2D eigenvalue weighted by molar-refractivity contribution is 0.289. The molecule has 0 aliphatic heterocycles. The van der Waals surface area contributed by atoms with E-state index in [2.05, 4.69) is 37.6 Å². The smallest absolute Gasteiger partial charge is 0.0406 e. The second kappa shape index (κ2) is 9.30. The van der Waals surface area contributed by atoms with E-state index >= 15 is 0 Å². The predicted molar refractivity (Wildman–Crippen MR) is 93.6 cm³/mol. The summed E-state index contributed by atoms with van der Waals surface area (Å²) in [4.78, 5) is 0. The van der Waals surface area contributed by atoms with Crippen LogP contribution in [-0.4, -0.2) is 0 Å². The van der Waals surface area contributed by atoms with E-state index in [0.29, 0.717) is 0 Å². The van der Waals surface area contributed by atoms with Crippen LogP contribution in [0.5, 0.6) is 0 Å². The van der Waals surface area contributed by atoms with Crippen molar-refractivity contribution in [1.29, 1.82) is 0 Å². The highest BCUT2D eigenvalue weighted by atomic mass is 35.5. The molecule has 0 N–H and O–H groups in total. The van der Waals surface area contributed by atoms with Gasteiger partial charge in [-0.2, -0.15) is 0 Å². The molecule has 1 aromatic rings. The normalized spacial score (nSPS) is 22.8. The molecule has 1 aliphatic carbocycles. The Balaban J connectivity index is 1.66. The van der Waals surface area contributed by atoms with Crippen LogP contribution < -0.4 is 0 Å². The third-order valence-electron chi connectivity index (χ3n) is 4.65. The molecule has 2 rings (SSSR count). The van der Waals surface area contributed by atoms with E-state index in [0.717, 1.165) is 16.9 Å². The minimum Gasteiger partial charge on any atom is -0.0848 e. The summed E-state index contributed by atoms with van der Waals surface area (Å²) >= 11 is 5.89. The van der Waals surface area contributed by atoms with Gasteiger partial charge in [0.15, 0.2) is 0 Å². The standard InChI is InChI=1S/C20H28Cl/c1-2-3-4-6-17-9-11-18(12-10-17)7-5-8-19-13-15-20(21)16-14-19/h5,7-8,13-18H,2-4,6,9-12H2,1H3/b7-5+/t17-,18-. The van der Waals surface area contributed by atoms with Crippen molar-refractivity contribution < 1.29 is 0 Å². The third kappa shape index (κ3) is 6.26. The van der Waals surface area contributed by atoms with Crippen LogP contribution >= 0.6 is 11.6 Å². The Morgan fingerprint density at radius 2 is 1.76 bits per heavy atom. The topological polar surface area (TPSA) is 0 Å². The van der Waals surface area contributed by atoms with Crippen LogP contribution in [0.3, 0.4) is 0 Å². The number of halogens is 1. The molecule has 0 amide bonds. The van der Waals surface area contributed by atoms with Crippen LogP contribution in [0, 0.1) is 18.3 Å². The first kappa shape index (κ1) is 16.6. The number of hydrogen-bond acceptors (Lipinski definition) is 0. The average molecular weight is 304 g/mol. The van der Waals surface area contributed by atoms with Crippen LogP contribution in [0.4, 0.5) is 0 Å². The van der Waals surface area contributed by atoms with Crippen LogP contribution in [0.25, 0.3) is 0 Å². The van der Waals surface area contributed by atoms with Crippen LogP contribution in [0.1, 0.15) is 63.9 Å². The quantitative estimate of drug-likeness (QED) is 0.484. The second-order valence-corrected chi connectivity index (χ2v) is 6.82. The van der Waals surface area contributed by atoms with Crippen molar-refractivity contribution in [2.45, 2.75) is 58.3 Å². The fourth-order valence-electron chi connectivity index (χ4n) is 3.25. The molecule has 0 saturated heterocycles. The molecule has 1 radical (unpaired) electrons. The summed E-state index contributed by atoms with van der Waals surface area (Å²) in [6.45, 7) is 2.29. The molecule has 0 bridgehead atoms. The van der Waals surface area contributed by atoms with Crippen molar-refractivity contribution >= 4 is 11.6 Å². The highest BCUT2D eigenvalue weighted by Crippen LogP contribution is 2.32. The molecule has 0 spiro atoms. The van der Waals surface area contributed by atoms with E-state index in [9.17, 15) is 0 Å². The molecular weight excluding hydrogens is 276 g/mol. The Hall–Kier alpha value is -0.750. The van der Waals surface area contributed by atoms with Crippen molar-refractivity contribution in [2.75, 3.05) is 0 Å². The Morgan fingerprint density at radius 1 is 1.05 bits per heavy atom. The first-order valence-corrected chi connectivity index (χ1v) is 8.93. The van der Waals surface area contributed by atoms with Crippen molar-refractivity contribution in [3.8, 4) is 0 Å². The van der Waals surface area contributed by atoms with E-state index in [1.165, 1.54) is 56.9 Å². The van der Waals surface area contributed by atoms with E-state index in [-0.39, 0.29) is 0 Å². The summed E-state index contributed by atoms with van der Waals surface area (Å²) in [5.74, 6) is 1.79. The maximum atomic E-state index is 5.89. The van der Waals surface area contributed by atoms with Gasteiger partial charge < -0.3 is 0 Å². The first-order valence-electron chi connectivity index (χ1n) is 8.55. The van der Waals surface area contributed by atoms with Gasteiger partial charge in [-0.05, 0) is 55.2 Å². The Kier molecular flexibility index (Phi) is 7.36. The summed E-state index contributed by atoms with van der Waals surface area (Å²) in [6.07, 6.45) is 18.1. The number of hydrogen-bond donors (Lipinski definition) is 0. The zero-order valence-electron chi connectivity index (χ0n) is 13.2. The number of benzene rings is 1. The SMILES string of the molecule is CCCCC[C@H]1CC[C@H](/C=C/[CH]c2ccc(Cl)cc2)CC1. The lowest BCUT2D eigenvalue weighted by Gasteiger charge is -2.26. The maximum Gasteiger partial charge on any atom is 0.0406 e. The molecule has 1 saturated carbocycles. The van der Waals surface area contributed by atoms with Crippen molar-refractivity contribution in [3.63, 3.8) is 0 Å². The lowest BCUT2D eigenvalue weighted by Crippen LogP contribution is -2.13. The molecule has 115 valence electrons. The molecule has 1 fully saturated rings. The van der Waals surface area contributed by atoms with Gasteiger partial charge in [-0.1, -0.05) is 68.5 Å². The summed E-state index contributed by atoms with van der Waals surface area (Å²) < 4.78 is 0. The average Bonchev–Trinajstić information content (AvgIpc) is 2.51. The fraction of sp³-hybridized carbons (Fsp3) is 0.550. The highest BCUT2D eigenvalue weighted by Gasteiger charge is 2.18. The Bertz CT molecular complexity index is 410. The minimum atomic E-state index is 0.788. The minimum absolute atomic E-state index is 0.788. The first-order chi connectivity index (χ1) is 10.3. The molecule has 0 heterocycles. The summed E-state index contributed by atoms with van der Waals surface area (Å²) in [6, 6.07) is 8.03. The van der Waals surface area contributed by atoms with Crippen LogP contribution in [0.2, 0.25) is 5.02 Å². The number of allylic oxidation sites excluding steroid dienone is 2. The van der Waals surface area contributed by atoms with E-state index in [4.69, 9.17) is 11.6 Å². The van der Waals surface area contributed by atoms with Gasteiger partial charge in [0.05, 0.1) is 0 Å². The molecule has 21 heavy (non-hydrogen) atoms. The van der Waals surface area contributed by atoms with E-state index in [1.807, 2.05) is 12.1 Å². The van der Waals surface area contributed by atoms with Gasteiger partial charge in [0, 0.05) is 11.4 Å². The van der Waals surface area contributed by atoms with Gasteiger partial charge in [-0.3, -0.25) is 0 Å². The molecule has 1 heteroatoms. The maximum absolute atomic E-state index is 5.89. The summed E-state index contributed by atoms with van der Waals surface area (Å²) in [7, 11) is 0. The zero-order chi connectivity index (χ0) is 14.9. The Labute approximate surface area is 135 Å². The highest BCUT2D eigenvalue weighted by molar-refractivity contribution is 6.30. The zero-order valence-corrected chi connectivity index (χ0v) is 14.0. The van der Waals surface area contributed by atoms with Gasteiger partial charge in [0.2, 0.25) is 0 Å². The van der Waals surface area contributed by atoms with E-state index < -0.39 is 0 Å². The molecule has 0 nitrogen and oxygen atoms in total. The Morgan fingerprint density at radius 3 is 2.43 bits per heavy atom. The number of unbranched alkanes of at least 4 members (excludes halogenated alkanes) is 2. The van der Waals surface area contributed by atoms with Gasteiger partial charge in [0.1, 0.15) is 0 Å². The van der Waals surface area contributed by atoms with Gasteiger partial charge >= 0.3 is 0 Å². The largest absolute Gasteiger partial charge is 0.0848 e. The van der Waals surface area contributed by atoms with Crippen LogP contribution in [-0.2, 0) is 0 Å². The van der Waals surface area contributed by atoms with Crippen molar-refractivity contribution in [1.82, 2.24) is 0 Å². The van der Waals surface area contributed by atoms with Crippen LogP contribution in [0.15, 0.2) is 36.4 Å². The molecular formula is C20H28Cl. The molecule has 1 aromatic carbocycles. The lowest BCUT2D eigenvalue weighted by atomic mass is 9.79. The summed E-state index contributed by atoms with van der Waals surface area (Å²) in [5.41, 5.74) is 1.23. The summed E-state index contributed by atoms with van der Waals surface area (Å²) in [5, 5.41) is 0.803. The molecule has 0 aromatic heterocycles. The van der Waals surface area contributed by atoms with Crippen molar-refractivity contribution in [2.24, 2.45) is 11.8 Å². The molecule has 1 aliphatic rings. The predicted octanol–water partition coefficient (Wildman–Crippen LogP) is 6.84. The monoisotopic (exact) mass is 303 g/mol. The fourth-order valence-corrected chi connectivity index (χ4v) is 3.38. The number of rotatable bonds is 7. The van der Waals surface area contributed by atoms with Crippen molar-refractivity contribution in [3.05, 3.63) is 53.4 Å². The molecule has 0 atom stereocenters.